The van der Waals surface area contributed by atoms with Crippen LogP contribution >= 0.6 is 0 Å². The first-order valence-electron chi connectivity index (χ1n) is 9.48. The van der Waals surface area contributed by atoms with E-state index in [1.165, 1.54) is 17.7 Å². The highest BCUT2D eigenvalue weighted by atomic mass is 15.2. The highest BCUT2D eigenvalue weighted by Gasteiger charge is 2.19. The van der Waals surface area contributed by atoms with Crippen LogP contribution in [0.1, 0.15) is 51.1 Å². The van der Waals surface area contributed by atoms with Crippen molar-refractivity contribution in [3.63, 3.8) is 0 Å². The topological polar surface area (TPSA) is 58.0 Å². The molecular weight excluding hydrogens is 324 g/mol. The predicted molar refractivity (Wildman–Crippen MR) is 108 cm³/mol. The van der Waals surface area contributed by atoms with E-state index in [2.05, 4.69) is 50.1 Å². The maximum Gasteiger partial charge on any atom is 0.0864 e. The molecule has 144 valence electrons. The molecule has 0 bridgehead atoms. The molecule has 2 aromatic heterocycles. The fourth-order valence-corrected chi connectivity index (χ4v) is 2.80. The molecule has 6 heteroatoms. The van der Waals surface area contributed by atoms with Crippen molar-refractivity contribution in [3.8, 4) is 0 Å². The molecule has 0 atom stereocenters. The first-order chi connectivity index (χ1) is 12.5. The minimum Gasteiger partial charge on any atom is -0.368 e. The Labute approximate surface area is 158 Å². The van der Waals surface area contributed by atoms with Gasteiger partial charge in [-0.15, -0.1) is 0 Å². The molecule has 6 nitrogen and oxygen atoms in total. The molecule has 0 spiro atoms. The minimum absolute atomic E-state index is 0.559. The molecule has 3 heterocycles. The SMILES string of the molecule is CC.CC(C)N1CCCc2nnccc21.Cc1nnccc1CN(C)C. The van der Waals surface area contributed by atoms with Crippen LogP contribution in [-0.4, -0.2) is 52.0 Å². The van der Waals surface area contributed by atoms with Gasteiger partial charge in [0.25, 0.3) is 0 Å². The van der Waals surface area contributed by atoms with Gasteiger partial charge in [0.15, 0.2) is 0 Å². The van der Waals surface area contributed by atoms with Crippen LogP contribution in [-0.2, 0) is 13.0 Å². The lowest BCUT2D eigenvalue weighted by atomic mass is 10.1. The molecule has 0 saturated heterocycles. The summed E-state index contributed by atoms with van der Waals surface area (Å²) in [5.74, 6) is 0. The molecule has 0 fully saturated rings. The van der Waals surface area contributed by atoms with Gasteiger partial charge in [0.2, 0.25) is 0 Å². The molecule has 0 aliphatic carbocycles. The molecule has 0 amide bonds. The second kappa shape index (κ2) is 11.5. The molecule has 0 saturated carbocycles. The number of anilines is 1. The zero-order valence-electron chi connectivity index (χ0n) is 17.4. The molecule has 1 aliphatic rings. The first kappa shape index (κ1) is 22.0. The summed E-state index contributed by atoms with van der Waals surface area (Å²) in [7, 11) is 4.08. The summed E-state index contributed by atoms with van der Waals surface area (Å²) < 4.78 is 0. The van der Waals surface area contributed by atoms with Crippen molar-refractivity contribution >= 4 is 5.69 Å². The van der Waals surface area contributed by atoms with Crippen LogP contribution in [0.5, 0.6) is 0 Å². The Morgan fingerprint density at radius 1 is 1.08 bits per heavy atom. The van der Waals surface area contributed by atoms with E-state index in [0.717, 1.165) is 30.9 Å². The summed E-state index contributed by atoms with van der Waals surface area (Å²) in [5.41, 5.74) is 4.69. The first-order valence-corrected chi connectivity index (χ1v) is 9.48. The second-order valence-corrected chi connectivity index (χ2v) is 6.63. The lowest BCUT2D eigenvalue weighted by Crippen LogP contribution is -2.35. The quantitative estimate of drug-likeness (QED) is 0.837. The van der Waals surface area contributed by atoms with Crippen LogP contribution in [0.15, 0.2) is 24.5 Å². The molecule has 0 aromatic carbocycles. The Morgan fingerprint density at radius 3 is 2.35 bits per heavy atom. The van der Waals surface area contributed by atoms with Crippen LogP contribution in [0, 0.1) is 6.92 Å². The number of rotatable bonds is 3. The van der Waals surface area contributed by atoms with E-state index in [-0.39, 0.29) is 0 Å². The summed E-state index contributed by atoms with van der Waals surface area (Å²) in [6, 6.07) is 4.63. The van der Waals surface area contributed by atoms with E-state index in [9.17, 15) is 0 Å². The Bertz CT molecular complexity index is 642. The standard InChI is InChI=1S/C10H15N3.C8H13N3.C2H6/c1-8(2)13-7-3-4-9-10(13)5-6-11-12-9;1-7-8(6-11(2)3)4-5-9-10-7;1-2/h5-6,8H,3-4,7H2,1-2H3;4-5H,6H2,1-3H3;1-2H3. The number of hydrogen-bond acceptors (Lipinski definition) is 6. The number of aryl methyl sites for hydroxylation is 2. The monoisotopic (exact) mass is 358 g/mol. The lowest BCUT2D eigenvalue weighted by molar-refractivity contribution is 0.400. The van der Waals surface area contributed by atoms with E-state index in [1.54, 1.807) is 12.4 Å². The Kier molecular flexibility index (Phi) is 9.73. The number of aromatic nitrogens is 4. The van der Waals surface area contributed by atoms with Gasteiger partial charge in [-0.3, -0.25) is 0 Å². The number of hydrogen-bond donors (Lipinski definition) is 0. The average molecular weight is 359 g/mol. The van der Waals surface area contributed by atoms with Gasteiger partial charge in [0.05, 0.1) is 23.3 Å². The van der Waals surface area contributed by atoms with Crippen molar-refractivity contribution in [2.45, 2.75) is 60.0 Å². The van der Waals surface area contributed by atoms with E-state index in [0.29, 0.717) is 6.04 Å². The summed E-state index contributed by atoms with van der Waals surface area (Å²) in [5, 5.41) is 15.8. The smallest absolute Gasteiger partial charge is 0.0864 e. The van der Waals surface area contributed by atoms with Crippen LogP contribution < -0.4 is 4.90 Å². The van der Waals surface area contributed by atoms with Crippen molar-refractivity contribution in [2.24, 2.45) is 0 Å². The maximum absolute atomic E-state index is 4.16. The molecule has 1 aliphatic heterocycles. The van der Waals surface area contributed by atoms with Gasteiger partial charge in [-0.1, -0.05) is 13.8 Å². The molecule has 0 radical (unpaired) electrons. The largest absolute Gasteiger partial charge is 0.368 e. The average Bonchev–Trinajstić information content (AvgIpc) is 2.65. The van der Waals surface area contributed by atoms with Crippen molar-refractivity contribution < 1.29 is 0 Å². The lowest BCUT2D eigenvalue weighted by Gasteiger charge is -2.33. The van der Waals surface area contributed by atoms with Gasteiger partial charge >= 0.3 is 0 Å². The van der Waals surface area contributed by atoms with E-state index in [4.69, 9.17) is 0 Å². The third kappa shape index (κ3) is 6.67. The number of fused-ring (bicyclic) bond motifs is 1. The summed E-state index contributed by atoms with van der Waals surface area (Å²) in [6.45, 7) is 12.5. The third-order valence-electron chi connectivity index (χ3n) is 4.02. The summed E-state index contributed by atoms with van der Waals surface area (Å²) in [4.78, 5) is 4.51. The zero-order valence-corrected chi connectivity index (χ0v) is 17.4. The van der Waals surface area contributed by atoms with Gasteiger partial charge in [0, 0.05) is 25.3 Å². The molecule has 26 heavy (non-hydrogen) atoms. The van der Waals surface area contributed by atoms with E-state index >= 15 is 0 Å². The van der Waals surface area contributed by atoms with Gasteiger partial charge in [0.1, 0.15) is 0 Å². The van der Waals surface area contributed by atoms with Crippen LogP contribution in [0.4, 0.5) is 5.69 Å². The normalized spacial score (nSPS) is 12.7. The Morgan fingerprint density at radius 2 is 1.73 bits per heavy atom. The van der Waals surface area contributed by atoms with Gasteiger partial charge < -0.3 is 9.80 Å². The number of nitrogens with zero attached hydrogens (tertiary/aromatic N) is 6. The van der Waals surface area contributed by atoms with Crippen LogP contribution in [0.25, 0.3) is 0 Å². The molecule has 3 rings (SSSR count). The van der Waals surface area contributed by atoms with Gasteiger partial charge in [-0.05, 0) is 65.4 Å². The van der Waals surface area contributed by atoms with Gasteiger partial charge in [-0.25, -0.2) is 0 Å². The summed E-state index contributed by atoms with van der Waals surface area (Å²) in [6.07, 6.45) is 5.78. The maximum atomic E-state index is 4.16. The highest BCUT2D eigenvalue weighted by molar-refractivity contribution is 5.52. The van der Waals surface area contributed by atoms with Crippen LogP contribution in [0.3, 0.4) is 0 Å². The molecular formula is C20H34N6. The summed E-state index contributed by atoms with van der Waals surface area (Å²) >= 11 is 0. The van der Waals surface area contributed by atoms with E-state index < -0.39 is 0 Å². The van der Waals surface area contributed by atoms with Crippen molar-refractivity contribution in [2.75, 3.05) is 25.5 Å². The molecule has 0 N–H and O–H groups in total. The zero-order chi connectivity index (χ0) is 19.5. The Balaban J connectivity index is 0.000000241. The second-order valence-electron chi connectivity index (χ2n) is 6.63. The fourth-order valence-electron chi connectivity index (χ4n) is 2.80. The van der Waals surface area contributed by atoms with Crippen molar-refractivity contribution in [3.05, 3.63) is 41.5 Å². The van der Waals surface area contributed by atoms with Crippen molar-refractivity contribution in [1.29, 1.82) is 0 Å². The minimum atomic E-state index is 0.559. The Hall–Kier alpha value is -2.08. The highest BCUT2D eigenvalue weighted by Crippen LogP contribution is 2.25. The third-order valence-corrected chi connectivity index (χ3v) is 4.02. The van der Waals surface area contributed by atoms with Crippen molar-refractivity contribution in [1.82, 2.24) is 25.3 Å². The van der Waals surface area contributed by atoms with Crippen LogP contribution in [0.2, 0.25) is 0 Å². The molecule has 2 aromatic rings. The molecule has 0 unspecified atom stereocenters. The van der Waals surface area contributed by atoms with E-state index in [1.807, 2.05) is 40.9 Å². The predicted octanol–water partition coefficient (Wildman–Crippen LogP) is 3.51. The fraction of sp³-hybridized carbons (Fsp3) is 0.600. The van der Waals surface area contributed by atoms with Gasteiger partial charge in [-0.2, -0.15) is 20.4 Å².